The Morgan fingerprint density at radius 2 is 1.35 bits per heavy atom. The van der Waals surface area contributed by atoms with Gasteiger partial charge in [-0.05, 0) is 90.6 Å². The van der Waals surface area contributed by atoms with Crippen molar-refractivity contribution in [3.63, 3.8) is 0 Å². The molecular formula is C32H33N3O2. The molecule has 1 saturated heterocycles. The van der Waals surface area contributed by atoms with Gasteiger partial charge in [0.25, 0.3) is 0 Å². The van der Waals surface area contributed by atoms with Gasteiger partial charge in [0.1, 0.15) is 0 Å². The first kappa shape index (κ1) is 24.6. The van der Waals surface area contributed by atoms with E-state index in [1.54, 1.807) is 12.3 Å². The van der Waals surface area contributed by atoms with E-state index in [0.29, 0.717) is 18.5 Å². The van der Waals surface area contributed by atoms with E-state index in [4.69, 9.17) is 0 Å². The third-order valence-electron chi connectivity index (χ3n) is 7.16. The highest BCUT2D eigenvalue weighted by Gasteiger charge is 2.16. The lowest BCUT2D eigenvalue weighted by atomic mass is 9.98. The maximum absolute atomic E-state index is 12.8. The van der Waals surface area contributed by atoms with Crippen LogP contribution in [-0.2, 0) is 12.8 Å². The first-order chi connectivity index (χ1) is 18.0. The Morgan fingerprint density at radius 3 is 1.89 bits per heavy atom. The highest BCUT2D eigenvalue weighted by molar-refractivity contribution is 5.98. The molecule has 2 N–H and O–H groups in total. The minimum absolute atomic E-state index is 0.0726. The van der Waals surface area contributed by atoms with Gasteiger partial charge < -0.3 is 15.2 Å². The van der Waals surface area contributed by atoms with E-state index in [0.717, 1.165) is 47.1 Å². The Kier molecular flexibility index (Phi) is 7.50. The number of ketones is 2. The third kappa shape index (κ3) is 6.36. The number of hydrogen-bond donors (Lipinski definition) is 2. The van der Waals surface area contributed by atoms with E-state index in [1.165, 1.54) is 18.5 Å². The fraction of sp³-hybridized carbons (Fsp3) is 0.250. The van der Waals surface area contributed by atoms with Gasteiger partial charge >= 0.3 is 0 Å². The molecule has 0 atom stereocenters. The summed E-state index contributed by atoms with van der Waals surface area (Å²) in [6.45, 7) is 4.50. The van der Waals surface area contributed by atoms with Crippen LogP contribution in [0.1, 0.15) is 51.7 Å². The summed E-state index contributed by atoms with van der Waals surface area (Å²) >= 11 is 0. The van der Waals surface area contributed by atoms with Crippen molar-refractivity contribution in [1.82, 2.24) is 4.98 Å². The van der Waals surface area contributed by atoms with E-state index >= 15 is 0 Å². The number of Topliss-reactive ketones (excluding diaryl/α,β-unsaturated/α-hetero) is 2. The summed E-state index contributed by atoms with van der Waals surface area (Å²) < 4.78 is 0. The van der Waals surface area contributed by atoms with E-state index in [-0.39, 0.29) is 11.6 Å². The standard InChI is InChI=1S/C32H33N3O2/c1-23-16-19-35(20-17-23)29-14-8-26(9-15-29)31(36)21-24-4-10-27(11-5-24)34-28-12-6-25(7-13-28)22-32(37)30-3-2-18-33-30/h2-15,18,23,33-34H,16-17,19-22H2,1H3. The molecule has 0 unspecified atom stereocenters. The van der Waals surface area contributed by atoms with Crippen LogP contribution in [0.3, 0.4) is 0 Å². The number of nitrogens with zero attached hydrogens (tertiary/aromatic N) is 1. The number of piperidine rings is 1. The van der Waals surface area contributed by atoms with Crippen LogP contribution in [0, 0.1) is 5.92 Å². The van der Waals surface area contributed by atoms with Gasteiger partial charge in [-0.25, -0.2) is 0 Å². The first-order valence-electron chi connectivity index (χ1n) is 13.0. The van der Waals surface area contributed by atoms with Crippen LogP contribution < -0.4 is 10.2 Å². The maximum Gasteiger partial charge on any atom is 0.183 e. The Morgan fingerprint density at radius 1 is 0.784 bits per heavy atom. The monoisotopic (exact) mass is 491 g/mol. The summed E-state index contributed by atoms with van der Waals surface area (Å²) in [6.07, 6.45) is 4.96. The third-order valence-corrected chi connectivity index (χ3v) is 7.16. The van der Waals surface area contributed by atoms with E-state index in [1.807, 2.05) is 66.7 Å². The average molecular weight is 492 g/mol. The van der Waals surface area contributed by atoms with Gasteiger partial charge in [-0.2, -0.15) is 0 Å². The highest BCUT2D eigenvalue weighted by Crippen LogP contribution is 2.24. The normalized spacial score (nSPS) is 13.9. The smallest absolute Gasteiger partial charge is 0.183 e. The molecule has 0 spiro atoms. The van der Waals surface area contributed by atoms with Crippen LogP contribution in [0.2, 0.25) is 0 Å². The predicted molar refractivity (Wildman–Crippen MR) is 150 cm³/mol. The van der Waals surface area contributed by atoms with Gasteiger partial charge in [0.2, 0.25) is 0 Å². The molecule has 0 aliphatic carbocycles. The van der Waals surface area contributed by atoms with Gasteiger partial charge in [0, 0.05) is 54.8 Å². The topological polar surface area (TPSA) is 65.2 Å². The zero-order valence-electron chi connectivity index (χ0n) is 21.2. The van der Waals surface area contributed by atoms with Gasteiger partial charge in [0.05, 0.1) is 5.69 Å². The van der Waals surface area contributed by atoms with Crippen molar-refractivity contribution in [2.75, 3.05) is 23.3 Å². The number of rotatable bonds is 9. The summed E-state index contributed by atoms with van der Waals surface area (Å²) in [5, 5.41) is 3.38. The molecule has 37 heavy (non-hydrogen) atoms. The number of hydrogen-bond acceptors (Lipinski definition) is 4. The van der Waals surface area contributed by atoms with E-state index in [2.05, 4.69) is 34.3 Å². The van der Waals surface area contributed by atoms with Crippen LogP contribution in [-0.4, -0.2) is 29.6 Å². The second-order valence-electron chi connectivity index (χ2n) is 10.0. The van der Waals surface area contributed by atoms with Crippen molar-refractivity contribution in [2.45, 2.75) is 32.6 Å². The molecule has 1 fully saturated rings. The number of H-pyrrole nitrogens is 1. The lowest BCUT2D eigenvalue weighted by Crippen LogP contribution is -2.32. The van der Waals surface area contributed by atoms with Crippen molar-refractivity contribution < 1.29 is 9.59 Å². The van der Waals surface area contributed by atoms with Crippen LogP contribution in [0.15, 0.2) is 91.1 Å². The number of nitrogens with one attached hydrogen (secondary N) is 2. The molecule has 3 aromatic carbocycles. The number of aromatic nitrogens is 1. The van der Waals surface area contributed by atoms with Crippen molar-refractivity contribution in [3.05, 3.63) is 114 Å². The number of anilines is 3. The second-order valence-corrected chi connectivity index (χ2v) is 10.0. The zero-order valence-corrected chi connectivity index (χ0v) is 21.2. The molecule has 2 heterocycles. The maximum atomic E-state index is 12.8. The Balaban J connectivity index is 1.13. The Bertz CT molecular complexity index is 1320. The Labute approximate surface area is 218 Å². The molecule has 4 aromatic rings. The van der Waals surface area contributed by atoms with Crippen molar-refractivity contribution in [2.24, 2.45) is 5.92 Å². The summed E-state index contributed by atoms with van der Waals surface area (Å²) in [5.41, 5.74) is 6.45. The molecule has 5 rings (SSSR count). The number of aromatic amines is 1. The van der Waals surface area contributed by atoms with E-state index < -0.39 is 0 Å². The predicted octanol–water partition coefficient (Wildman–Crippen LogP) is 6.85. The van der Waals surface area contributed by atoms with Crippen molar-refractivity contribution in [3.8, 4) is 0 Å². The van der Waals surface area contributed by atoms with Crippen LogP contribution >= 0.6 is 0 Å². The minimum atomic E-state index is 0.0726. The summed E-state index contributed by atoms with van der Waals surface area (Å²) in [4.78, 5) is 30.5. The summed E-state index contributed by atoms with van der Waals surface area (Å²) in [7, 11) is 0. The number of benzene rings is 3. The highest BCUT2D eigenvalue weighted by atomic mass is 16.1. The molecule has 1 aromatic heterocycles. The zero-order chi connectivity index (χ0) is 25.6. The first-order valence-corrected chi connectivity index (χ1v) is 13.0. The van der Waals surface area contributed by atoms with Crippen LogP contribution in [0.4, 0.5) is 17.1 Å². The Hall–Kier alpha value is -4.12. The summed E-state index contributed by atoms with van der Waals surface area (Å²) in [6, 6.07) is 27.6. The molecule has 1 aliphatic rings. The van der Waals surface area contributed by atoms with Gasteiger partial charge in [-0.15, -0.1) is 0 Å². The SMILES string of the molecule is CC1CCN(c2ccc(C(=O)Cc3ccc(Nc4ccc(CC(=O)c5ccc[nH]5)cc4)cc3)cc2)CC1. The molecule has 0 saturated carbocycles. The van der Waals surface area contributed by atoms with Gasteiger partial charge in [-0.1, -0.05) is 31.2 Å². The fourth-order valence-electron chi connectivity index (χ4n) is 4.78. The molecule has 188 valence electrons. The van der Waals surface area contributed by atoms with E-state index in [9.17, 15) is 9.59 Å². The number of carbonyl (C=O) groups is 2. The average Bonchev–Trinajstić information content (AvgIpc) is 3.47. The van der Waals surface area contributed by atoms with Gasteiger partial charge in [-0.3, -0.25) is 9.59 Å². The molecule has 0 bridgehead atoms. The second kappa shape index (κ2) is 11.3. The lowest BCUT2D eigenvalue weighted by molar-refractivity contribution is 0.0982. The number of carbonyl (C=O) groups excluding carboxylic acids is 2. The summed E-state index contributed by atoms with van der Waals surface area (Å²) in [5.74, 6) is 1.00. The van der Waals surface area contributed by atoms with Crippen molar-refractivity contribution >= 4 is 28.6 Å². The van der Waals surface area contributed by atoms with Crippen LogP contribution in [0.5, 0.6) is 0 Å². The molecule has 0 radical (unpaired) electrons. The minimum Gasteiger partial charge on any atom is -0.372 e. The molecule has 0 amide bonds. The lowest BCUT2D eigenvalue weighted by Gasteiger charge is -2.32. The van der Waals surface area contributed by atoms with Gasteiger partial charge in [0.15, 0.2) is 11.6 Å². The molecule has 5 heteroatoms. The largest absolute Gasteiger partial charge is 0.372 e. The van der Waals surface area contributed by atoms with Crippen LogP contribution in [0.25, 0.3) is 0 Å². The molecule has 5 nitrogen and oxygen atoms in total. The molecular weight excluding hydrogens is 458 g/mol. The van der Waals surface area contributed by atoms with Crippen molar-refractivity contribution in [1.29, 1.82) is 0 Å². The quantitative estimate of drug-likeness (QED) is 0.251. The molecule has 1 aliphatic heterocycles. The fourth-order valence-corrected chi connectivity index (χ4v) is 4.78.